The standard InChI is InChI=1S/Hf.H4O7P2/c;1-8(2,3)7-9(4,5)6/h;(H2,1,2,3)(H2,4,5,6)/q+4;/p-4. The zero-order chi connectivity index (χ0) is 7.71. The van der Waals surface area contributed by atoms with Gasteiger partial charge in [0.2, 0.25) is 0 Å². The van der Waals surface area contributed by atoms with Gasteiger partial charge in [-0.1, -0.05) is 0 Å². The zero-order valence-corrected chi connectivity index (χ0v) is 9.63. The molecule has 0 atom stereocenters. The first-order valence-corrected chi connectivity index (χ1v) is 4.38. The van der Waals surface area contributed by atoms with Crippen molar-refractivity contribution >= 4 is 15.6 Å². The second-order valence-corrected chi connectivity index (χ2v) is 3.42. The fourth-order valence-electron chi connectivity index (χ4n) is 0.122. The average molecular weight is 352 g/mol. The Morgan fingerprint density at radius 3 is 1.10 bits per heavy atom. The number of phosphoric acid groups is 2. The molecule has 56 valence electrons. The van der Waals surface area contributed by atoms with E-state index in [4.69, 9.17) is 0 Å². The molecule has 0 saturated carbocycles. The van der Waals surface area contributed by atoms with Gasteiger partial charge in [-0.15, -0.1) is 0 Å². The molecule has 0 bridgehead atoms. The summed E-state index contributed by atoms with van der Waals surface area (Å²) < 4.78 is 21.2. The van der Waals surface area contributed by atoms with E-state index in [1.165, 1.54) is 0 Å². The Kier molecular flexibility index (Phi) is 5.79. The number of hydrogen-bond donors (Lipinski definition) is 0. The van der Waals surface area contributed by atoms with Gasteiger partial charge in [-0.3, -0.25) is 0 Å². The van der Waals surface area contributed by atoms with Crippen LogP contribution in [-0.4, -0.2) is 0 Å². The summed E-state index contributed by atoms with van der Waals surface area (Å²) in [6, 6.07) is 0. The summed E-state index contributed by atoms with van der Waals surface area (Å²) in [7, 11) is -11.4. The fourth-order valence-corrected chi connectivity index (χ4v) is 1.10. The minimum absolute atomic E-state index is 0. The molecule has 10 heavy (non-hydrogen) atoms. The maximum absolute atomic E-state index is 9.32. The van der Waals surface area contributed by atoms with Crippen molar-refractivity contribution in [3.05, 3.63) is 0 Å². The Labute approximate surface area is 74.7 Å². The van der Waals surface area contributed by atoms with Crippen molar-refractivity contribution in [2.75, 3.05) is 0 Å². The van der Waals surface area contributed by atoms with E-state index in [1.807, 2.05) is 0 Å². The summed E-state index contributed by atoms with van der Waals surface area (Å²) in [4.78, 5) is 37.3. The van der Waals surface area contributed by atoms with Crippen LogP contribution in [-0.2, 0) is 39.3 Å². The smallest absolute Gasteiger partial charge is 0.790 e. The van der Waals surface area contributed by atoms with E-state index in [9.17, 15) is 28.7 Å². The maximum atomic E-state index is 9.32. The second-order valence-electron chi connectivity index (χ2n) is 0.976. The van der Waals surface area contributed by atoms with Crippen molar-refractivity contribution < 1.29 is 58.9 Å². The molecule has 0 heterocycles. The average Bonchev–Trinajstić information content (AvgIpc) is 1.14. The molecule has 0 fully saturated rings. The predicted octanol–water partition coefficient (Wildman–Crippen LogP) is -3.34. The molecule has 0 aliphatic rings. The molecule has 0 radical (unpaired) electrons. The van der Waals surface area contributed by atoms with Gasteiger partial charge in [-0.25, -0.2) is 0 Å². The molecule has 0 aromatic carbocycles. The van der Waals surface area contributed by atoms with E-state index in [1.54, 1.807) is 0 Å². The quantitative estimate of drug-likeness (QED) is 0.374. The van der Waals surface area contributed by atoms with Crippen molar-refractivity contribution in [3.63, 3.8) is 0 Å². The Bertz CT molecular complexity index is 152. The monoisotopic (exact) mass is 354 g/mol. The Morgan fingerprint density at radius 1 is 0.900 bits per heavy atom. The third-order valence-corrected chi connectivity index (χ3v) is 1.80. The van der Waals surface area contributed by atoms with Crippen LogP contribution in [0.3, 0.4) is 0 Å². The summed E-state index contributed by atoms with van der Waals surface area (Å²) in [6.07, 6.45) is 0. The molecule has 0 aromatic heterocycles. The van der Waals surface area contributed by atoms with Gasteiger partial charge >= 0.3 is 25.8 Å². The molecule has 10 heteroatoms. The van der Waals surface area contributed by atoms with Crippen LogP contribution in [0, 0.1) is 0 Å². The van der Waals surface area contributed by atoms with E-state index in [2.05, 4.69) is 4.31 Å². The molecule has 0 N–H and O–H groups in total. The summed E-state index contributed by atoms with van der Waals surface area (Å²) in [5.74, 6) is 0. The largest absolute Gasteiger partial charge is 4.00 e. The van der Waals surface area contributed by atoms with Gasteiger partial charge in [0.25, 0.3) is 0 Å². The van der Waals surface area contributed by atoms with Crippen LogP contribution < -0.4 is 19.6 Å². The molecule has 0 aliphatic carbocycles. The van der Waals surface area contributed by atoms with Gasteiger partial charge in [-0.05, 0) is 0 Å². The van der Waals surface area contributed by atoms with Gasteiger partial charge in [0.05, 0.1) is 15.6 Å². The molecule has 0 aromatic rings. The molecule has 0 aliphatic heterocycles. The maximum Gasteiger partial charge on any atom is 4.00 e. The van der Waals surface area contributed by atoms with E-state index >= 15 is 0 Å². The molecule has 0 amide bonds. The van der Waals surface area contributed by atoms with Crippen LogP contribution in [0.1, 0.15) is 0 Å². The Hall–Kier alpha value is 1.13. The minimum Gasteiger partial charge on any atom is -0.790 e. The minimum atomic E-state index is -5.68. The third-order valence-electron chi connectivity index (χ3n) is 0.200. The summed E-state index contributed by atoms with van der Waals surface area (Å²) in [5.41, 5.74) is 0. The van der Waals surface area contributed by atoms with Gasteiger partial charge in [0.15, 0.2) is 0 Å². The zero-order valence-electron chi connectivity index (χ0n) is 4.25. The molecule has 0 unspecified atom stereocenters. The first-order chi connectivity index (χ1) is 3.71. The summed E-state index contributed by atoms with van der Waals surface area (Å²) in [5, 5.41) is 0. The second kappa shape index (κ2) is 4.23. The number of hydrogen-bond acceptors (Lipinski definition) is 7. The van der Waals surface area contributed by atoms with Crippen LogP contribution in [0.15, 0.2) is 0 Å². The first-order valence-electron chi connectivity index (χ1n) is 1.46. The Balaban J connectivity index is 0. The van der Waals surface area contributed by atoms with Gasteiger partial charge in [0.1, 0.15) is 0 Å². The predicted molar refractivity (Wildman–Crippen MR) is 16.3 cm³/mol. The SMILES string of the molecule is O=P([O-])([O-])OP(=O)([O-])[O-].[Hf+4]. The van der Waals surface area contributed by atoms with Crippen LogP contribution in [0.2, 0.25) is 0 Å². The van der Waals surface area contributed by atoms with Crippen LogP contribution in [0.5, 0.6) is 0 Å². The molecule has 0 rings (SSSR count). The summed E-state index contributed by atoms with van der Waals surface area (Å²) in [6.45, 7) is 0. The van der Waals surface area contributed by atoms with Crippen molar-refractivity contribution in [1.29, 1.82) is 0 Å². The first kappa shape index (κ1) is 13.7. The number of rotatable bonds is 2. The third kappa shape index (κ3) is 11.9. The van der Waals surface area contributed by atoms with E-state index in [0.717, 1.165) is 0 Å². The van der Waals surface area contributed by atoms with Gasteiger partial charge in [-0.2, -0.15) is 0 Å². The van der Waals surface area contributed by atoms with Gasteiger partial charge in [0, 0.05) is 0 Å². The molecule has 0 spiro atoms. The van der Waals surface area contributed by atoms with Crippen molar-refractivity contribution in [2.24, 2.45) is 0 Å². The normalized spacial score (nSPS) is 12.4. The summed E-state index contributed by atoms with van der Waals surface area (Å²) >= 11 is 0. The molecular formula is HfO7P2. The molecule has 7 nitrogen and oxygen atoms in total. The van der Waals surface area contributed by atoms with Crippen molar-refractivity contribution in [2.45, 2.75) is 0 Å². The van der Waals surface area contributed by atoms with Crippen LogP contribution in [0.4, 0.5) is 0 Å². The van der Waals surface area contributed by atoms with Crippen molar-refractivity contribution in [1.82, 2.24) is 0 Å². The van der Waals surface area contributed by atoms with Crippen LogP contribution in [0.25, 0.3) is 0 Å². The molecular weight excluding hydrogens is 352 g/mol. The Morgan fingerprint density at radius 2 is 1.10 bits per heavy atom. The molecule has 0 saturated heterocycles. The van der Waals surface area contributed by atoms with Gasteiger partial charge < -0.3 is 33.0 Å². The van der Waals surface area contributed by atoms with Crippen molar-refractivity contribution in [3.8, 4) is 0 Å². The topological polar surface area (TPSA) is 136 Å². The van der Waals surface area contributed by atoms with Crippen LogP contribution >= 0.6 is 15.6 Å². The van der Waals surface area contributed by atoms with E-state index in [0.29, 0.717) is 0 Å². The van der Waals surface area contributed by atoms with E-state index < -0.39 is 15.6 Å². The fraction of sp³-hybridized carbons (Fsp3) is 0. The van der Waals surface area contributed by atoms with E-state index in [-0.39, 0.29) is 25.8 Å².